The van der Waals surface area contributed by atoms with E-state index in [1.54, 1.807) is 26.4 Å². The minimum atomic E-state index is -0.323. The molecule has 0 aliphatic rings. The van der Waals surface area contributed by atoms with Crippen LogP contribution in [0.4, 0.5) is 0 Å². The third kappa shape index (κ3) is 8.78. The topological polar surface area (TPSA) is 94.8 Å². The summed E-state index contributed by atoms with van der Waals surface area (Å²) in [7, 11) is 3.24. The zero-order valence-electron chi connectivity index (χ0n) is 22.9. The number of ether oxygens (including phenoxy) is 3. The van der Waals surface area contributed by atoms with E-state index in [-0.39, 0.29) is 24.1 Å². The summed E-state index contributed by atoms with van der Waals surface area (Å²) >= 11 is 0. The molecule has 2 atom stereocenters. The first kappa shape index (κ1) is 29.0. The van der Waals surface area contributed by atoms with Gasteiger partial charge < -0.3 is 30.6 Å². The standard InChI is InChI=1S/C31H41N3O4/c1-5-25(6-2)38-28-18-24(17-27(19-28)37-4)31(35)34-30(16-22-11-8-7-9-12-22)29(32)21-33-20-23-13-10-14-26(15-23)36-3/h7-15,17-19,25,29-30,33H,5-6,16,20-21,32H2,1-4H3,(H,34,35)/t29?,30-/m0/s1. The van der Waals surface area contributed by atoms with E-state index in [0.717, 1.165) is 29.7 Å². The molecule has 7 nitrogen and oxygen atoms in total. The Hall–Kier alpha value is -3.55. The summed E-state index contributed by atoms with van der Waals surface area (Å²) in [5.74, 6) is 1.78. The molecule has 3 aromatic rings. The number of benzene rings is 3. The summed E-state index contributed by atoms with van der Waals surface area (Å²) in [6.07, 6.45) is 2.45. The van der Waals surface area contributed by atoms with Crippen molar-refractivity contribution in [3.05, 3.63) is 89.5 Å². The van der Waals surface area contributed by atoms with Crippen molar-refractivity contribution in [3.63, 3.8) is 0 Å². The number of hydrogen-bond donors (Lipinski definition) is 3. The van der Waals surface area contributed by atoms with Gasteiger partial charge in [0, 0.05) is 36.8 Å². The second-order valence-electron chi connectivity index (χ2n) is 9.37. The summed E-state index contributed by atoms with van der Waals surface area (Å²) in [5.41, 5.74) is 9.32. The Morgan fingerprint density at radius 3 is 2.21 bits per heavy atom. The van der Waals surface area contributed by atoms with E-state index in [4.69, 9.17) is 19.9 Å². The van der Waals surface area contributed by atoms with Crippen molar-refractivity contribution < 1.29 is 19.0 Å². The van der Waals surface area contributed by atoms with Crippen LogP contribution < -0.4 is 30.6 Å². The van der Waals surface area contributed by atoms with Gasteiger partial charge in [0.1, 0.15) is 17.2 Å². The molecule has 1 amide bonds. The number of nitrogens with two attached hydrogens (primary N) is 1. The van der Waals surface area contributed by atoms with E-state index in [2.05, 4.69) is 24.5 Å². The number of amides is 1. The normalized spacial score (nSPS) is 12.6. The van der Waals surface area contributed by atoms with Gasteiger partial charge in [-0.25, -0.2) is 0 Å². The van der Waals surface area contributed by atoms with Gasteiger partial charge in [-0.2, -0.15) is 0 Å². The smallest absolute Gasteiger partial charge is 0.251 e. The van der Waals surface area contributed by atoms with Crippen LogP contribution >= 0.6 is 0 Å². The van der Waals surface area contributed by atoms with Crippen molar-refractivity contribution in [1.29, 1.82) is 0 Å². The van der Waals surface area contributed by atoms with E-state index in [1.807, 2.05) is 60.7 Å². The van der Waals surface area contributed by atoms with Crippen LogP contribution in [0.2, 0.25) is 0 Å². The molecule has 0 aliphatic heterocycles. The minimum absolute atomic E-state index is 0.0768. The molecule has 3 rings (SSSR count). The fourth-order valence-corrected chi connectivity index (χ4v) is 4.27. The SMILES string of the molecule is CCC(CC)Oc1cc(OC)cc(C(=O)N[C@@H](Cc2ccccc2)C(N)CNCc2cccc(OC)c2)c1. The second kappa shape index (κ2) is 15.0. The van der Waals surface area contributed by atoms with Crippen molar-refractivity contribution in [2.45, 2.75) is 57.8 Å². The third-order valence-corrected chi connectivity index (χ3v) is 6.57. The summed E-state index contributed by atoms with van der Waals surface area (Å²) in [6.45, 7) is 5.33. The van der Waals surface area contributed by atoms with E-state index < -0.39 is 0 Å². The molecule has 0 bridgehead atoms. The molecule has 0 spiro atoms. The van der Waals surface area contributed by atoms with Crippen molar-refractivity contribution in [3.8, 4) is 17.2 Å². The number of hydrogen-bond acceptors (Lipinski definition) is 6. The minimum Gasteiger partial charge on any atom is -0.497 e. The van der Waals surface area contributed by atoms with Crippen LogP contribution in [0.1, 0.15) is 48.2 Å². The Labute approximate surface area is 226 Å². The molecule has 204 valence electrons. The average Bonchev–Trinajstić information content (AvgIpc) is 2.95. The van der Waals surface area contributed by atoms with Gasteiger partial charge in [0.05, 0.1) is 20.3 Å². The van der Waals surface area contributed by atoms with Gasteiger partial charge in [0.2, 0.25) is 0 Å². The number of nitrogens with one attached hydrogen (secondary N) is 2. The lowest BCUT2D eigenvalue weighted by molar-refractivity contribution is 0.0929. The van der Waals surface area contributed by atoms with E-state index in [9.17, 15) is 4.79 Å². The number of rotatable bonds is 15. The predicted octanol–water partition coefficient (Wildman–Crippen LogP) is 4.73. The van der Waals surface area contributed by atoms with Crippen molar-refractivity contribution in [2.75, 3.05) is 20.8 Å². The highest BCUT2D eigenvalue weighted by atomic mass is 16.5. The molecule has 38 heavy (non-hydrogen) atoms. The molecule has 0 heterocycles. The lowest BCUT2D eigenvalue weighted by Gasteiger charge is -2.26. The van der Waals surface area contributed by atoms with E-state index in [0.29, 0.717) is 36.6 Å². The summed E-state index contributed by atoms with van der Waals surface area (Å²) in [6, 6.07) is 22.6. The van der Waals surface area contributed by atoms with Crippen molar-refractivity contribution >= 4 is 5.91 Å². The van der Waals surface area contributed by atoms with Crippen LogP contribution in [-0.4, -0.2) is 44.9 Å². The van der Waals surface area contributed by atoms with E-state index in [1.165, 1.54) is 0 Å². The quantitative estimate of drug-likeness (QED) is 0.269. The largest absolute Gasteiger partial charge is 0.497 e. The molecule has 3 aromatic carbocycles. The van der Waals surface area contributed by atoms with Gasteiger partial charge in [0.15, 0.2) is 0 Å². The maximum absolute atomic E-state index is 13.4. The van der Waals surface area contributed by atoms with Crippen LogP contribution in [0, 0.1) is 0 Å². The van der Waals surface area contributed by atoms with Crippen LogP contribution in [0.3, 0.4) is 0 Å². The Morgan fingerprint density at radius 1 is 0.842 bits per heavy atom. The Bertz CT molecular complexity index is 1130. The van der Waals surface area contributed by atoms with Gasteiger partial charge in [-0.3, -0.25) is 4.79 Å². The number of methoxy groups -OCH3 is 2. The molecular formula is C31H41N3O4. The monoisotopic (exact) mass is 519 g/mol. The molecule has 0 aliphatic carbocycles. The fourth-order valence-electron chi connectivity index (χ4n) is 4.27. The lowest BCUT2D eigenvalue weighted by atomic mass is 9.99. The Kier molecular flexibility index (Phi) is 11.5. The van der Waals surface area contributed by atoms with Crippen molar-refractivity contribution in [2.24, 2.45) is 5.73 Å². The highest BCUT2D eigenvalue weighted by molar-refractivity contribution is 5.95. The molecule has 0 radical (unpaired) electrons. The van der Waals surface area contributed by atoms with Gasteiger partial charge >= 0.3 is 0 Å². The summed E-state index contributed by atoms with van der Waals surface area (Å²) in [4.78, 5) is 13.4. The first-order chi connectivity index (χ1) is 18.4. The average molecular weight is 520 g/mol. The summed E-state index contributed by atoms with van der Waals surface area (Å²) in [5, 5.41) is 6.60. The second-order valence-corrected chi connectivity index (χ2v) is 9.37. The van der Waals surface area contributed by atoms with Gasteiger partial charge in [-0.05, 0) is 54.7 Å². The zero-order chi connectivity index (χ0) is 27.3. The maximum atomic E-state index is 13.4. The molecule has 0 aromatic heterocycles. The molecule has 0 saturated heterocycles. The molecule has 7 heteroatoms. The predicted molar refractivity (Wildman–Crippen MR) is 152 cm³/mol. The lowest BCUT2D eigenvalue weighted by Crippen LogP contribution is -2.53. The first-order valence-corrected chi connectivity index (χ1v) is 13.2. The molecule has 0 fully saturated rings. The van der Waals surface area contributed by atoms with Gasteiger partial charge in [0.25, 0.3) is 5.91 Å². The summed E-state index contributed by atoms with van der Waals surface area (Å²) < 4.78 is 16.9. The fraction of sp³-hybridized carbons (Fsp3) is 0.387. The number of carbonyl (C=O) groups is 1. The maximum Gasteiger partial charge on any atom is 0.251 e. The van der Waals surface area contributed by atoms with Crippen LogP contribution in [-0.2, 0) is 13.0 Å². The van der Waals surface area contributed by atoms with Crippen LogP contribution in [0.25, 0.3) is 0 Å². The van der Waals surface area contributed by atoms with Crippen molar-refractivity contribution in [1.82, 2.24) is 10.6 Å². The molecule has 0 saturated carbocycles. The highest BCUT2D eigenvalue weighted by Gasteiger charge is 2.22. The third-order valence-electron chi connectivity index (χ3n) is 6.57. The van der Waals surface area contributed by atoms with Gasteiger partial charge in [-0.15, -0.1) is 0 Å². The molecular weight excluding hydrogens is 478 g/mol. The van der Waals surface area contributed by atoms with Crippen LogP contribution in [0.5, 0.6) is 17.2 Å². The first-order valence-electron chi connectivity index (χ1n) is 13.2. The zero-order valence-corrected chi connectivity index (χ0v) is 22.9. The van der Waals surface area contributed by atoms with E-state index >= 15 is 0 Å². The Morgan fingerprint density at radius 2 is 1.53 bits per heavy atom. The Balaban J connectivity index is 1.73. The van der Waals surface area contributed by atoms with Crippen LogP contribution in [0.15, 0.2) is 72.8 Å². The highest BCUT2D eigenvalue weighted by Crippen LogP contribution is 2.25. The molecule has 1 unspecified atom stereocenters. The van der Waals surface area contributed by atoms with Gasteiger partial charge in [-0.1, -0.05) is 56.3 Å². The number of carbonyl (C=O) groups excluding carboxylic acids is 1. The molecule has 4 N–H and O–H groups in total.